The van der Waals surface area contributed by atoms with Crippen LogP contribution in [-0.2, 0) is 32.0 Å². The lowest BCUT2D eigenvalue weighted by Gasteiger charge is -2.25. The second kappa shape index (κ2) is 6.53. The van der Waals surface area contributed by atoms with Crippen LogP contribution >= 0.6 is 0 Å². The molecule has 4 rings (SSSR count). The zero-order valence-electron chi connectivity index (χ0n) is 14.7. The minimum Gasteiger partial charge on any atom is -0.368 e. The summed E-state index contributed by atoms with van der Waals surface area (Å²) in [5, 5.41) is 3.94. The fourth-order valence-electron chi connectivity index (χ4n) is 3.39. The van der Waals surface area contributed by atoms with E-state index in [2.05, 4.69) is 5.16 Å². The fraction of sp³-hybridized carbons (Fsp3) is 0.526. The number of rotatable bonds is 5. The van der Waals surface area contributed by atoms with Crippen molar-refractivity contribution in [2.75, 3.05) is 0 Å². The molecule has 134 valence electrons. The average Bonchev–Trinajstić information content (AvgIpc) is 3.19. The Kier molecular flexibility index (Phi) is 4.37. The van der Waals surface area contributed by atoms with Gasteiger partial charge in [0, 0.05) is 12.5 Å². The Labute approximate surface area is 147 Å². The van der Waals surface area contributed by atoms with Gasteiger partial charge in [-0.1, -0.05) is 35.5 Å². The number of benzene rings is 1. The maximum absolute atomic E-state index is 6.20. The van der Waals surface area contributed by atoms with E-state index in [0.29, 0.717) is 13.0 Å². The Morgan fingerprint density at radius 1 is 1.16 bits per heavy atom. The Hall–Kier alpha value is -1.73. The van der Waals surface area contributed by atoms with Gasteiger partial charge in [-0.2, -0.15) is 0 Å². The quantitative estimate of drug-likeness (QED) is 0.830. The summed E-state index contributed by atoms with van der Waals surface area (Å²) in [6.45, 7) is 6.17. The average molecular weight is 345 g/mol. The van der Waals surface area contributed by atoms with E-state index in [-0.39, 0.29) is 18.3 Å². The van der Waals surface area contributed by atoms with Gasteiger partial charge in [-0.3, -0.25) is 0 Å². The molecule has 0 spiro atoms. The molecule has 0 bridgehead atoms. The first-order chi connectivity index (χ1) is 12.0. The third-order valence-electron chi connectivity index (χ3n) is 4.45. The van der Waals surface area contributed by atoms with Crippen molar-refractivity contribution in [3.05, 3.63) is 53.4 Å². The Balaban J connectivity index is 1.49. The third kappa shape index (κ3) is 3.62. The fourth-order valence-corrected chi connectivity index (χ4v) is 3.39. The number of aromatic nitrogens is 1. The molecule has 4 atom stereocenters. The van der Waals surface area contributed by atoms with Crippen molar-refractivity contribution in [2.24, 2.45) is 0 Å². The zero-order chi connectivity index (χ0) is 17.4. The monoisotopic (exact) mass is 345 g/mol. The van der Waals surface area contributed by atoms with Crippen LogP contribution in [0.25, 0.3) is 0 Å². The molecule has 1 aromatic carbocycles. The molecule has 1 aromatic heterocycles. The van der Waals surface area contributed by atoms with E-state index in [9.17, 15) is 0 Å². The maximum Gasteiger partial charge on any atom is 0.190 e. The molecule has 2 fully saturated rings. The lowest BCUT2D eigenvalue weighted by Crippen LogP contribution is -2.37. The summed E-state index contributed by atoms with van der Waals surface area (Å²) in [4.78, 5) is 0. The lowest BCUT2D eigenvalue weighted by atomic mass is 10.1. The van der Waals surface area contributed by atoms with Crippen molar-refractivity contribution in [1.82, 2.24) is 5.16 Å². The summed E-state index contributed by atoms with van der Waals surface area (Å²) in [5.41, 5.74) is 1.96. The minimum atomic E-state index is -0.669. The summed E-state index contributed by atoms with van der Waals surface area (Å²) in [6.07, 6.45) is -0.558. The molecule has 25 heavy (non-hydrogen) atoms. The van der Waals surface area contributed by atoms with Crippen molar-refractivity contribution in [3.8, 4) is 0 Å². The first kappa shape index (κ1) is 16.7. The molecule has 0 amide bonds. The van der Waals surface area contributed by atoms with Crippen LogP contribution in [0.4, 0.5) is 0 Å². The van der Waals surface area contributed by atoms with Crippen molar-refractivity contribution in [2.45, 2.75) is 64.2 Å². The van der Waals surface area contributed by atoms with Gasteiger partial charge in [0.1, 0.15) is 18.0 Å². The number of ether oxygens (including phenoxy) is 4. The highest BCUT2D eigenvalue weighted by Gasteiger charge is 2.55. The summed E-state index contributed by atoms with van der Waals surface area (Å²) in [6, 6.07) is 12.0. The molecule has 6 heteroatoms. The normalized spacial score (nSPS) is 30.5. The molecule has 0 saturated carbocycles. The van der Waals surface area contributed by atoms with Gasteiger partial charge in [-0.05, 0) is 26.3 Å². The van der Waals surface area contributed by atoms with Crippen LogP contribution in [0.5, 0.6) is 0 Å². The van der Waals surface area contributed by atoms with Gasteiger partial charge in [0.2, 0.25) is 0 Å². The van der Waals surface area contributed by atoms with Gasteiger partial charge in [0.05, 0.1) is 18.4 Å². The van der Waals surface area contributed by atoms with E-state index < -0.39 is 12.1 Å². The highest BCUT2D eigenvalue weighted by molar-refractivity contribution is 5.14. The molecular weight excluding hydrogens is 322 g/mol. The largest absolute Gasteiger partial charge is 0.368 e. The van der Waals surface area contributed by atoms with Gasteiger partial charge in [-0.25, -0.2) is 0 Å². The van der Waals surface area contributed by atoms with Crippen molar-refractivity contribution in [3.63, 3.8) is 0 Å². The van der Waals surface area contributed by atoms with E-state index in [0.717, 1.165) is 17.0 Å². The summed E-state index contributed by atoms with van der Waals surface area (Å²) in [5.74, 6) is 0.104. The predicted octanol–water partition coefficient (Wildman–Crippen LogP) is 2.99. The van der Waals surface area contributed by atoms with E-state index in [1.165, 1.54) is 0 Å². The van der Waals surface area contributed by atoms with Gasteiger partial charge >= 0.3 is 0 Å². The van der Waals surface area contributed by atoms with Crippen LogP contribution in [0, 0.1) is 6.92 Å². The lowest BCUT2D eigenvalue weighted by molar-refractivity contribution is -0.219. The highest BCUT2D eigenvalue weighted by Crippen LogP contribution is 2.39. The van der Waals surface area contributed by atoms with Crippen LogP contribution in [0.2, 0.25) is 0 Å². The Morgan fingerprint density at radius 3 is 2.68 bits per heavy atom. The van der Waals surface area contributed by atoms with E-state index in [1.54, 1.807) is 0 Å². The molecule has 0 radical (unpaired) electrons. The van der Waals surface area contributed by atoms with Crippen LogP contribution in [-0.4, -0.2) is 35.5 Å². The van der Waals surface area contributed by atoms with E-state index >= 15 is 0 Å². The van der Waals surface area contributed by atoms with E-state index in [4.69, 9.17) is 23.5 Å². The van der Waals surface area contributed by atoms with Crippen molar-refractivity contribution >= 4 is 0 Å². The van der Waals surface area contributed by atoms with E-state index in [1.807, 2.05) is 57.2 Å². The summed E-state index contributed by atoms with van der Waals surface area (Å²) < 4.78 is 29.5. The van der Waals surface area contributed by atoms with Gasteiger partial charge in [0.25, 0.3) is 0 Å². The highest BCUT2D eigenvalue weighted by atomic mass is 16.8. The number of fused-ring (bicyclic) bond motifs is 1. The number of hydrogen-bond acceptors (Lipinski definition) is 6. The molecule has 6 nitrogen and oxygen atoms in total. The zero-order valence-corrected chi connectivity index (χ0v) is 14.7. The Bertz CT molecular complexity index is 714. The first-order valence-electron chi connectivity index (χ1n) is 8.59. The smallest absolute Gasteiger partial charge is 0.190 e. The molecule has 0 N–H and O–H groups in total. The number of nitrogens with zero attached hydrogens (tertiary/aromatic N) is 1. The molecule has 2 aromatic rings. The topological polar surface area (TPSA) is 63.0 Å². The molecule has 0 unspecified atom stereocenters. The maximum atomic E-state index is 6.20. The molecule has 2 aliphatic heterocycles. The summed E-state index contributed by atoms with van der Waals surface area (Å²) in [7, 11) is 0. The summed E-state index contributed by atoms with van der Waals surface area (Å²) >= 11 is 0. The number of aryl methyl sites for hydroxylation is 1. The second-order valence-corrected chi connectivity index (χ2v) is 7.04. The van der Waals surface area contributed by atoms with Crippen LogP contribution in [0.1, 0.15) is 30.9 Å². The third-order valence-corrected chi connectivity index (χ3v) is 4.45. The van der Waals surface area contributed by atoms with Crippen LogP contribution < -0.4 is 0 Å². The molecule has 2 saturated heterocycles. The van der Waals surface area contributed by atoms with Crippen molar-refractivity contribution in [1.29, 1.82) is 0 Å². The Morgan fingerprint density at radius 2 is 1.96 bits per heavy atom. The molecule has 2 aliphatic rings. The number of hydrogen-bond donors (Lipinski definition) is 0. The first-order valence-corrected chi connectivity index (χ1v) is 8.59. The predicted molar refractivity (Wildman–Crippen MR) is 88.7 cm³/mol. The van der Waals surface area contributed by atoms with Gasteiger partial charge in [-0.15, -0.1) is 0 Å². The second-order valence-electron chi connectivity index (χ2n) is 7.04. The minimum absolute atomic E-state index is 0.206. The molecule has 3 heterocycles. The molecule has 0 aliphatic carbocycles. The van der Waals surface area contributed by atoms with Gasteiger partial charge < -0.3 is 23.5 Å². The molecular formula is C19H23NO5. The van der Waals surface area contributed by atoms with Crippen molar-refractivity contribution < 1.29 is 23.5 Å². The van der Waals surface area contributed by atoms with Crippen LogP contribution in [0.15, 0.2) is 40.9 Å². The standard InChI is InChI=1S/C19H23NO5/c1-12-9-14(25-20-12)10-15-16(21-11-13-7-5-4-6-8-13)17-18(22-15)24-19(2,3)23-17/h4-9,15-18H,10-11H2,1-3H3/t15-,16-,17-,18-/m1/s1. The SMILES string of the molecule is Cc1cc(C[C@H]2O[C@@H]3OC(C)(C)O[C@@H]3[C@@H]2OCc2ccccc2)on1. The van der Waals surface area contributed by atoms with Gasteiger partial charge in [0.15, 0.2) is 12.1 Å². The van der Waals surface area contributed by atoms with Crippen LogP contribution in [0.3, 0.4) is 0 Å².